The molecule has 0 saturated carbocycles. The average molecular weight is 599 g/mol. The lowest BCUT2D eigenvalue weighted by molar-refractivity contribution is -0.118. The summed E-state index contributed by atoms with van der Waals surface area (Å²) in [5.41, 5.74) is 3.00. The number of nitrogens with one attached hydrogen (secondary N) is 2. The summed E-state index contributed by atoms with van der Waals surface area (Å²) in [6, 6.07) is 26.3. The van der Waals surface area contributed by atoms with Crippen LogP contribution in [-0.2, 0) is 14.8 Å². The summed E-state index contributed by atoms with van der Waals surface area (Å²) in [5, 5.41) is 3.38. The molecule has 0 fully saturated rings. The van der Waals surface area contributed by atoms with Crippen LogP contribution in [-0.4, -0.2) is 34.0 Å². The molecule has 40 heavy (non-hydrogen) atoms. The standard InChI is InChI=1S/C30H29Cl2N3O4S/c1-3-35(4-2)28-17-15-23(40(37,38)34-26-18-22(31)14-16-25(26)32)19-27(28)33-30(36)20-39-29-13-9-8-12-24(29)21-10-6-5-7-11-21/h5-19,34H,3-4,20H2,1-2H3,(H,33,36). The molecule has 0 aromatic heterocycles. The molecular weight excluding hydrogens is 569 g/mol. The quantitative estimate of drug-likeness (QED) is 0.189. The highest BCUT2D eigenvalue weighted by atomic mass is 35.5. The summed E-state index contributed by atoms with van der Waals surface area (Å²) in [6.45, 7) is 5.00. The first kappa shape index (κ1) is 29.3. The minimum atomic E-state index is -4.05. The maximum atomic E-state index is 13.2. The monoisotopic (exact) mass is 597 g/mol. The van der Waals surface area contributed by atoms with Crippen molar-refractivity contribution in [2.24, 2.45) is 0 Å². The van der Waals surface area contributed by atoms with Crippen molar-refractivity contribution in [3.63, 3.8) is 0 Å². The Morgan fingerprint density at radius 3 is 2.27 bits per heavy atom. The van der Waals surface area contributed by atoms with Gasteiger partial charge < -0.3 is 15.0 Å². The summed E-state index contributed by atoms with van der Waals surface area (Å²) in [5.74, 6) is 0.128. The third-order valence-electron chi connectivity index (χ3n) is 6.16. The number of halogens is 2. The first-order valence-corrected chi connectivity index (χ1v) is 14.9. The zero-order valence-corrected chi connectivity index (χ0v) is 24.4. The molecule has 4 aromatic carbocycles. The third-order valence-corrected chi connectivity index (χ3v) is 8.09. The number of nitrogens with zero attached hydrogens (tertiary/aromatic N) is 1. The summed E-state index contributed by atoms with van der Waals surface area (Å²) in [4.78, 5) is 15.0. The smallest absolute Gasteiger partial charge is 0.262 e. The molecule has 0 radical (unpaired) electrons. The van der Waals surface area contributed by atoms with Gasteiger partial charge in [0.1, 0.15) is 5.75 Å². The number of anilines is 3. The lowest BCUT2D eigenvalue weighted by Crippen LogP contribution is -2.26. The molecule has 0 aliphatic carbocycles. The van der Waals surface area contributed by atoms with Gasteiger partial charge in [0, 0.05) is 23.7 Å². The highest BCUT2D eigenvalue weighted by Crippen LogP contribution is 2.33. The van der Waals surface area contributed by atoms with E-state index in [4.69, 9.17) is 27.9 Å². The first-order chi connectivity index (χ1) is 19.2. The van der Waals surface area contributed by atoms with Gasteiger partial charge in [-0.15, -0.1) is 0 Å². The molecule has 0 saturated heterocycles. The maximum Gasteiger partial charge on any atom is 0.262 e. The Morgan fingerprint density at radius 1 is 0.850 bits per heavy atom. The summed E-state index contributed by atoms with van der Waals surface area (Å²) < 4.78 is 34.9. The van der Waals surface area contributed by atoms with Crippen molar-refractivity contribution in [2.75, 3.05) is 34.6 Å². The zero-order chi connectivity index (χ0) is 28.7. The topological polar surface area (TPSA) is 87.7 Å². The molecule has 7 nitrogen and oxygen atoms in total. The Kier molecular flexibility index (Phi) is 9.58. The normalized spacial score (nSPS) is 11.1. The van der Waals surface area contributed by atoms with E-state index in [1.54, 1.807) is 18.2 Å². The molecule has 4 rings (SSSR count). The van der Waals surface area contributed by atoms with Gasteiger partial charge in [-0.2, -0.15) is 0 Å². The minimum Gasteiger partial charge on any atom is -0.483 e. The molecule has 208 valence electrons. The molecule has 0 unspecified atom stereocenters. The highest BCUT2D eigenvalue weighted by molar-refractivity contribution is 7.92. The zero-order valence-electron chi connectivity index (χ0n) is 22.0. The van der Waals surface area contributed by atoms with Gasteiger partial charge in [-0.3, -0.25) is 9.52 Å². The van der Waals surface area contributed by atoms with Crippen molar-refractivity contribution in [2.45, 2.75) is 18.7 Å². The Labute approximate surface area is 244 Å². The maximum absolute atomic E-state index is 13.2. The van der Waals surface area contributed by atoms with Crippen LogP contribution in [0.15, 0.2) is 95.9 Å². The summed E-state index contributed by atoms with van der Waals surface area (Å²) in [7, 11) is -4.05. The van der Waals surface area contributed by atoms with E-state index in [-0.39, 0.29) is 22.2 Å². The Balaban J connectivity index is 1.58. The number of amides is 1. The van der Waals surface area contributed by atoms with Crippen LogP contribution in [0.2, 0.25) is 10.0 Å². The molecule has 0 aliphatic heterocycles. The Morgan fingerprint density at radius 2 is 1.55 bits per heavy atom. The van der Waals surface area contributed by atoms with Crippen LogP contribution >= 0.6 is 23.2 Å². The summed E-state index contributed by atoms with van der Waals surface area (Å²) in [6.07, 6.45) is 0. The van der Waals surface area contributed by atoms with Crippen LogP contribution < -0.4 is 19.7 Å². The molecule has 1 amide bonds. The van der Waals surface area contributed by atoms with Gasteiger partial charge in [-0.1, -0.05) is 71.7 Å². The Bertz CT molecular complexity index is 1590. The van der Waals surface area contributed by atoms with Crippen LogP contribution in [0.4, 0.5) is 17.1 Å². The van der Waals surface area contributed by atoms with Crippen LogP contribution in [0.1, 0.15) is 13.8 Å². The van der Waals surface area contributed by atoms with E-state index in [9.17, 15) is 13.2 Å². The lowest BCUT2D eigenvalue weighted by atomic mass is 10.1. The van der Waals surface area contributed by atoms with Gasteiger partial charge in [0.25, 0.3) is 15.9 Å². The van der Waals surface area contributed by atoms with E-state index in [2.05, 4.69) is 10.0 Å². The largest absolute Gasteiger partial charge is 0.483 e. The molecule has 0 atom stereocenters. The number of hydrogen-bond acceptors (Lipinski definition) is 5. The van der Waals surface area contributed by atoms with Crippen molar-refractivity contribution in [1.29, 1.82) is 0 Å². The number of sulfonamides is 1. The predicted molar refractivity (Wildman–Crippen MR) is 163 cm³/mol. The molecule has 2 N–H and O–H groups in total. The number of benzene rings is 4. The fourth-order valence-corrected chi connectivity index (χ4v) is 5.67. The van der Waals surface area contributed by atoms with Crippen LogP contribution in [0, 0.1) is 0 Å². The third kappa shape index (κ3) is 7.07. The number of carbonyl (C=O) groups is 1. The molecule has 4 aromatic rings. The van der Waals surface area contributed by atoms with Crippen molar-refractivity contribution in [3.05, 3.63) is 101 Å². The van der Waals surface area contributed by atoms with Crippen molar-refractivity contribution >= 4 is 56.2 Å². The van der Waals surface area contributed by atoms with Crippen molar-refractivity contribution < 1.29 is 17.9 Å². The van der Waals surface area contributed by atoms with Crippen molar-refractivity contribution in [3.8, 4) is 16.9 Å². The second-order valence-corrected chi connectivity index (χ2v) is 11.3. The summed E-state index contributed by atoms with van der Waals surface area (Å²) >= 11 is 12.2. The number of carbonyl (C=O) groups excluding carboxylic acids is 1. The minimum absolute atomic E-state index is 0.0508. The average Bonchev–Trinajstić information content (AvgIpc) is 2.95. The van der Waals surface area contributed by atoms with Gasteiger partial charge in [-0.05, 0) is 61.9 Å². The number of rotatable bonds is 11. The fraction of sp³-hybridized carbons (Fsp3) is 0.167. The van der Waals surface area contributed by atoms with Gasteiger partial charge in [0.05, 0.1) is 27.0 Å². The number of para-hydroxylation sites is 1. The van der Waals surface area contributed by atoms with E-state index in [1.807, 2.05) is 67.3 Å². The SMILES string of the molecule is CCN(CC)c1ccc(S(=O)(=O)Nc2cc(Cl)ccc2Cl)cc1NC(=O)COc1ccccc1-c1ccccc1. The van der Waals surface area contributed by atoms with Gasteiger partial charge >= 0.3 is 0 Å². The van der Waals surface area contributed by atoms with Gasteiger partial charge in [-0.25, -0.2) is 8.42 Å². The second-order valence-electron chi connectivity index (χ2n) is 8.78. The Hall–Kier alpha value is -3.72. The molecule has 0 aliphatic rings. The molecule has 0 spiro atoms. The van der Waals surface area contributed by atoms with Gasteiger partial charge in [0.2, 0.25) is 0 Å². The van der Waals surface area contributed by atoms with E-state index in [0.717, 1.165) is 11.1 Å². The molecular formula is C30H29Cl2N3O4S. The predicted octanol–water partition coefficient (Wildman–Crippen LogP) is 7.32. The van der Waals surface area contributed by atoms with Gasteiger partial charge in [0.15, 0.2) is 6.61 Å². The van der Waals surface area contributed by atoms with E-state index < -0.39 is 15.9 Å². The number of hydrogen-bond donors (Lipinski definition) is 2. The highest BCUT2D eigenvalue weighted by Gasteiger charge is 2.21. The molecule has 0 heterocycles. The van der Waals surface area contributed by atoms with E-state index in [1.165, 1.54) is 24.3 Å². The van der Waals surface area contributed by atoms with Crippen molar-refractivity contribution in [1.82, 2.24) is 0 Å². The lowest BCUT2D eigenvalue weighted by Gasteiger charge is -2.25. The van der Waals surface area contributed by atoms with Crippen LogP contribution in [0.5, 0.6) is 5.75 Å². The fourth-order valence-electron chi connectivity index (χ4n) is 4.18. The van der Waals surface area contributed by atoms with Crippen LogP contribution in [0.25, 0.3) is 11.1 Å². The van der Waals surface area contributed by atoms with Crippen LogP contribution in [0.3, 0.4) is 0 Å². The number of ether oxygens (including phenoxy) is 1. The molecule has 10 heteroatoms. The van der Waals surface area contributed by atoms with E-state index >= 15 is 0 Å². The van der Waals surface area contributed by atoms with E-state index in [0.29, 0.717) is 35.2 Å². The second kappa shape index (κ2) is 13.1. The molecule has 0 bridgehead atoms. The first-order valence-electron chi connectivity index (χ1n) is 12.7.